The molecule has 0 atom stereocenters. The van der Waals surface area contributed by atoms with Gasteiger partial charge in [-0.2, -0.15) is 5.10 Å². The molecule has 6 heteroatoms. The number of amides is 1. The molecule has 6 nitrogen and oxygen atoms in total. The van der Waals surface area contributed by atoms with Crippen LogP contribution in [0.15, 0.2) is 54.7 Å². The predicted octanol–water partition coefficient (Wildman–Crippen LogP) is 3.42. The maximum Gasteiger partial charge on any atom is 0.255 e. The summed E-state index contributed by atoms with van der Waals surface area (Å²) in [5.74, 6) is -0.0802. The molecule has 2 heterocycles. The Kier molecular flexibility index (Phi) is 6.37. The molecule has 31 heavy (non-hydrogen) atoms. The van der Waals surface area contributed by atoms with Gasteiger partial charge in [-0.05, 0) is 44.2 Å². The van der Waals surface area contributed by atoms with Gasteiger partial charge >= 0.3 is 0 Å². The fourth-order valence-corrected chi connectivity index (χ4v) is 4.10. The molecule has 2 aromatic carbocycles. The summed E-state index contributed by atoms with van der Waals surface area (Å²) in [6.07, 6.45) is 2.41. The van der Waals surface area contributed by atoms with Gasteiger partial charge in [0.05, 0.1) is 23.1 Å². The molecule has 0 spiro atoms. The summed E-state index contributed by atoms with van der Waals surface area (Å²) < 4.78 is 1.87. The Bertz CT molecular complexity index is 1030. The lowest BCUT2D eigenvalue weighted by Gasteiger charge is -2.35. The highest BCUT2D eigenvalue weighted by molar-refractivity contribution is 5.95. The number of piperazine rings is 1. The van der Waals surface area contributed by atoms with Crippen LogP contribution in [-0.4, -0.2) is 53.8 Å². The van der Waals surface area contributed by atoms with Crippen molar-refractivity contribution >= 4 is 11.6 Å². The molecule has 4 rings (SSSR count). The fraction of sp³-hybridized carbons (Fsp3) is 0.360. The summed E-state index contributed by atoms with van der Waals surface area (Å²) in [6, 6.07) is 16.6. The molecular formula is C25H31N5O. The van der Waals surface area contributed by atoms with Crippen LogP contribution in [0, 0.1) is 6.92 Å². The van der Waals surface area contributed by atoms with Crippen molar-refractivity contribution in [1.82, 2.24) is 20.0 Å². The van der Waals surface area contributed by atoms with Crippen molar-refractivity contribution in [3.63, 3.8) is 0 Å². The van der Waals surface area contributed by atoms with E-state index in [0.717, 1.165) is 49.5 Å². The molecule has 3 aromatic rings. The quantitative estimate of drug-likeness (QED) is 0.668. The molecule has 0 saturated carbocycles. The SMILES string of the molecule is CCc1c(C(=O)NCc2ccccc2N2CCN(C)CC2)cnn1-c1ccc(C)cc1. The molecule has 1 aromatic heterocycles. The van der Waals surface area contributed by atoms with Gasteiger partial charge in [0, 0.05) is 38.4 Å². The zero-order valence-electron chi connectivity index (χ0n) is 18.6. The summed E-state index contributed by atoms with van der Waals surface area (Å²) in [4.78, 5) is 17.8. The van der Waals surface area contributed by atoms with Crippen molar-refractivity contribution in [2.75, 3.05) is 38.1 Å². The molecule has 1 aliphatic rings. The predicted molar refractivity (Wildman–Crippen MR) is 125 cm³/mol. The lowest BCUT2D eigenvalue weighted by Crippen LogP contribution is -2.45. The average molecular weight is 418 g/mol. The number of aryl methyl sites for hydroxylation is 1. The maximum absolute atomic E-state index is 13.0. The number of carbonyl (C=O) groups excluding carboxylic acids is 1. The number of rotatable bonds is 6. The van der Waals surface area contributed by atoms with E-state index in [1.807, 2.05) is 22.9 Å². The first-order valence-corrected chi connectivity index (χ1v) is 11.0. The van der Waals surface area contributed by atoms with Gasteiger partial charge in [0.2, 0.25) is 0 Å². The van der Waals surface area contributed by atoms with Crippen LogP contribution in [0.4, 0.5) is 5.69 Å². The Labute approximate surface area is 184 Å². The Hall–Kier alpha value is -3.12. The second kappa shape index (κ2) is 9.35. The van der Waals surface area contributed by atoms with Gasteiger partial charge in [0.25, 0.3) is 5.91 Å². The molecule has 1 saturated heterocycles. The molecule has 0 bridgehead atoms. The number of anilines is 1. The average Bonchev–Trinajstić information content (AvgIpc) is 3.23. The third-order valence-electron chi connectivity index (χ3n) is 6.00. The summed E-state index contributed by atoms with van der Waals surface area (Å²) in [6.45, 7) is 8.74. The van der Waals surface area contributed by atoms with Crippen LogP contribution in [0.5, 0.6) is 0 Å². The van der Waals surface area contributed by atoms with Crippen molar-refractivity contribution < 1.29 is 4.79 Å². The number of carbonyl (C=O) groups is 1. The fourth-order valence-electron chi connectivity index (χ4n) is 4.10. The minimum atomic E-state index is -0.0802. The Morgan fingerprint density at radius 1 is 1.03 bits per heavy atom. The second-order valence-electron chi connectivity index (χ2n) is 8.21. The third kappa shape index (κ3) is 4.64. The monoisotopic (exact) mass is 417 g/mol. The molecular weight excluding hydrogens is 386 g/mol. The van der Waals surface area contributed by atoms with E-state index in [0.29, 0.717) is 12.1 Å². The molecule has 1 N–H and O–H groups in total. The lowest BCUT2D eigenvalue weighted by molar-refractivity contribution is 0.0950. The standard InChI is InChI=1S/C25H31N5O/c1-4-23-22(18-27-30(23)21-11-9-19(2)10-12-21)25(31)26-17-20-7-5-6-8-24(20)29-15-13-28(3)14-16-29/h5-12,18H,4,13-17H2,1-3H3,(H,26,31). The van der Waals surface area contributed by atoms with Crippen LogP contribution >= 0.6 is 0 Å². The third-order valence-corrected chi connectivity index (χ3v) is 6.00. The van der Waals surface area contributed by atoms with Crippen molar-refractivity contribution in [3.8, 4) is 5.69 Å². The largest absolute Gasteiger partial charge is 0.369 e. The summed E-state index contributed by atoms with van der Waals surface area (Å²) >= 11 is 0. The van der Waals surface area contributed by atoms with Crippen molar-refractivity contribution in [1.29, 1.82) is 0 Å². The van der Waals surface area contributed by atoms with E-state index in [9.17, 15) is 4.79 Å². The second-order valence-corrected chi connectivity index (χ2v) is 8.21. The van der Waals surface area contributed by atoms with E-state index in [2.05, 4.69) is 71.4 Å². The van der Waals surface area contributed by atoms with Gasteiger partial charge in [-0.1, -0.05) is 42.8 Å². The molecule has 1 amide bonds. The highest BCUT2D eigenvalue weighted by atomic mass is 16.1. The van der Waals surface area contributed by atoms with E-state index in [4.69, 9.17) is 0 Å². The molecule has 0 aliphatic carbocycles. The number of aromatic nitrogens is 2. The molecule has 162 valence electrons. The van der Waals surface area contributed by atoms with Gasteiger partial charge in [-0.15, -0.1) is 0 Å². The molecule has 1 aliphatic heterocycles. The van der Waals surface area contributed by atoms with Gasteiger partial charge in [0.1, 0.15) is 0 Å². The van der Waals surface area contributed by atoms with Crippen LogP contribution in [0.3, 0.4) is 0 Å². The van der Waals surface area contributed by atoms with E-state index >= 15 is 0 Å². The zero-order chi connectivity index (χ0) is 21.8. The number of hydrogen-bond acceptors (Lipinski definition) is 4. The Morgan fingerprint density at radius 2 is 1.74 bits per heavy atom. The number of benzene rings is 2. The minimum absolute atomic E-state index is 0.0802. The van der Waals surface area contributed by atoms with Crippen molar-refractivity contribution in [3.05, 3.63) is 77.1 Å². The highest BCUT2D eigenvalue weighted by Gasteiger charge is 2.19. The van der Waals surface area contributed by atoms with E-state index in [1.165, 1.54) is 11.3 Å². The Morgan fingerprint density at radius 3 is 2.45 bits per heavy atom. The molecule has 0 unspecified atom stereocenters. The van der Waals surface area contributed by atoms with Crippen LogP contribution in [0.2, 0.25) is 0 Å². The first kappa shape index (κ1) is 21.1. The molecule has 1 fully saturated rings. The minimum Gasteiger partial charge on any atom is -0.369 e. The van der Waals surface area contributed by atoms with Crippen molar-refractivity contribution in [2.45, 2.75) is 26.8 Å². The highest BCUT2D eigenvalue weighted by Crippen LogP contribution is 2.22. The summed E-state index contributed by atoms with van der Waals surface area (Å²) in [7, 11) is 2.16. The normalized spacial score (nSPS) is 14.6. The zero-order valence-corrected chi connectivity index (χ0v) is 18.6. The number of para-hydroxylation sites is 1. The maximum atomic E-state index is 13.0. The van der Waals surface area contributed by atoms with Crippen LogP contribution in [-0.2, 0) is 13.0 Å². The smallest absolute Gasteiger partial charge is 0.255 e. The number of nitrogens with zero attached hydrogens (tertiary/aromatic N) is 4. The van der Waals surface area contributed by atoms with Gasteiger partial charge < -0.3 is 15.1 Å². The van der Waals surface area contributed by atoms with Crippen LogP contribution in [0.1, 0.15) is 34.1 Å². The molecule has 0 radical (unpaired) electrons. The van der Waals surface area contributed by atoms with Crippen molar-refractivity contribution in [2.24, 2.45) is 0 Å². The Balaban J connectivity index is 1.49. The lowest BCUT2D eigenvalue weighted by atomic mass is 10.1. The van der Waals surface area contributed by atoms with Gasteiger partial charge in [0.15, 0.2) is 0 Å². The van der Waals surface area contributed by atoms with Crippen LogP contribution < -0.4 is 10.2 Å². The first-order chi connectivity index (χ1) is 15.1. The first-order valence-electron chi connectivity index (χ1n) is 11.0. The van der Waals surface area contributed by atoms with E-state index in [-0.39, 0.29) is 5.91 Å². The van der Waals surface area contributed by atoms with E-state index in [1.54, 1.807) is 6.20 Å². The van der Waals surface area contributed by atoms with Gasteiger partial charge in [-0.3, -0.25) is 4.79 Å². The van der Waals surface area contributed by atoms with Crippen LogP contribution in [0.25, 0.3) is 5.69 Å². The van der Waals surface area contributed by atoms with Gasteiger partial charge in [-0.25, -0.2) is 4.68 Å². The summed E-state index contributed by atoms with van der Waals surface area (Å²) in [5, 5.41) is 7.63. The number of likely N-dealkylation sites (N-methyl/N-ethyl adjacent to an activating group) is 1. The topological polar surface area (TPSA) is 53.4 Å². The van der Waals surface area contributed by atoms with E-state index < -0.39 is 0 Å². The summed E-state index contributed by atoms with van der Waals surface area (Å²) in [5.41, 5.74) is 6.09. The number of hydrogen-bond donors (Lipinski definition) is 1. The number of nitrogens with one attached hydrogen (secondary N) is 1.